The zero-order valence-corrected chi connectivity index (χ0v) is 12.1. The number of fused-ring (bicyclic) bond motifs is 1. The number of benzene rings is 1. The average molecular weight is 298 g/mol. The largest absolute Gasteiger partial charge is 0.320 e. The Morgan fingerprint density at radius 1 is 1.14 bits per heavy atom. The normalized spacial score (nSPS) is 10.6. The van der Waals surface area contributed by atoms with Crippen molar-refractivity contribution in [3.8, 4) is 0 Å². The molecule has 0 unspecified atom stereocenters. The SMILES string of the molecule is Cc1ccc(NC(=O)c2cc(Cl)ccn2)c2cccnc12. The van der Waals surface area contributed by atoms with Crippen LogP contribution in [-0.4, -0.2) is 15.9 Å². The van der Waals surface area contributed by atoms with Crippen LogP contribution in [0, 0.1) is 6.92 Å². The first-order chi connectivity index (χ1) is 10.1. The highest BCUT2D eigenvalue weighted by Crippen LogP contribution is 2.25. The van der Waals surface area contributed by atoms with Crippen LogP contribution in [0.1, 0.15) is 16.1 Å². The molecular weight excluding hydrogens is 286 g/mol. The van der Waals surface area contributed by atoms with E-state index in [-0.39, 0.29) is 11.6 Å². The molecule has 2 aromatic heterocycles. The van der Waals surface area contributed by atoms with Gasteiger partial charge in [-0.3, -0.25) is 14.8 Å². The number of aryl methyl sites for hydroxylation is 1. The Hall–Kier alpha value is -2.46. The number of rotatable bonds is 2. The molecule has 1 N–H and O–H groups in total. The Kier molecular flexibility index (Phi) is 3.54. The molecule has 0 aliphatic rings. The van der Waals surface area contributed by atoms with Crippen LogP contribution in [0.5, 0.6) is 0 Å². The zero-order chi connectivity index (χ0) is 14.8. The molecule has 2 heterocycles. The van der Waals surface area contributed by atoms with Gasteiger partial charge in [-0.15, -0.1) is 0 Å². The van der Waals surface area contributed by atoms with Crippen LogP contribution in [0.2, 0.25) is 5.02 Å². The fourth-order valence-corrected chi connectivity index (χ4v) is 2.30. The molecule has 21 heavy (non-hydrogen) atoms. The molecule has 0 bridgehead atoms. The van der Waals surface area contributed by atoms with Gasteiger partial charge in [0, 0.05) is 22.8 Å². The lowest BCUT2D eigenvalue weighted by Crippen LogP contribution is -2.13. The van der Waals surface area contributed by atoms with Crippen LogP contribution in [-0.2, 0) is 0 Å². The van der Waals surface area contributed by atoms with Crippen LogP contribution >= 0.6 is 11.6 Å². The summed E-state index contributed by atoms with van der Waals surface area (Å²) in [6.45, 7) is 1.99. The fourth-order valence-electron chi connectivity index (χ4n) is 2.14. The minimum atomic E-state index is -0.300. The second kappa shape index (κ2) is 5.50. The molecule has 1 amide bonds. The summed E-state index contributed by atoms with van der Waals surface area (Å²) < 4.78 is 0. The number of aromatic nitrogens is 2. The second-order valence-corrected chi connectivity index (χ2v) is 5.08. The van der Waals surface area contributed by atoms with E-state index in [1.165, 1.54) is 12.3 Å². The summed E-state index contributed by atoms with van der Waals surface area (Å²) in [7, 11) is 0. The lowest BCUT2D eigenvalue weighted by molar-refractivity contribution is 0.102. The third kappa shape index (κ3) is 2.71. The van der Waals surface area contributed by atoms with E-state index in [1.807, 2.05) is 31.2 Å². The number of pyridine rings is 2. The predicted octanol–water partition coefficient (Wildman–Crippen LogP) is 3.84. The highest BCUT2D eigenvalue weighted by molar-refractivity contribution is 6.31. The van der Waals surface area contributed by atoms with Gasteiger partial charge in [0.2, 0.25) is 0 Å². The molecule has 0 atom stereocenters. The van der Waals surface area contributed by atoms with Crippen molar-refractivity contribution in [3.05, 3.63) is 65.1 Å². The molecule has 3 aromatic rings. The standard InChI is InChI=1S/C16H12ClN3O/c1-10-4-5-13(12-3-2-7-19-15(10)12)20-16(21)14-9-11(17)6-8-18-14/h2-9H,1H3,(H,20,21). The monoisotopic (exact) mass is 297 g/mol. The maximum absolute atomic E-state index is 12.2. The van der Waals surface area contributed by atoms with Crippen LogP contribution in [0.4, 0.5) is 5.69 Å². The summed E-state index contributed by atoms with van der Waals surface area (Å²) >= 11 is 5.88. The Labute approximate surface area is 126 Å². The van der Waals surface area contributed by atoms with E-state index in [0.717, 1.165) is 16.5 Å². The summed E-state index contributed by atoms with van der Waals surface area (Å²) in [5, 5.41) is 4.23. The summed E-state index contributed by atoms with van der Waals surface area (Å²) in [6, 6.07) is 10.7. The van der Waals surface area contributed by atoms with Crippen LogP contribution in [0.15, 0.2) is 48.8 Å². The maximum atomic E-state index is 12.2. The van der Waals surface area contributed by atoms with Crippen LogP contribution in [0.3, 0.4) is 0 Å². The first-order valence-corrected chi connectivity index (χ1v) is 6.80. The van der Waals surface area contributed by atoms with Crippen molar-refractivity contribution >= 4 is 34.1 Å². The first kappa shape index (κ1) is 13.5. The quantitative estimate of drug-likeness (QED) is 0.782. The number of nitrogens with one attached hydrogen (secondary N) is 1. The summed E-state index contributed by atoms with van der Waals surface area (Å²) in [5.41, 5.74) is 2.91. The van der Waals surface area contributed by atoms with Crippen molar-refractivity contribution in [1.29, 1.82) is 0 Å². The van der Waals surface area contributed by atoms with E-state index in [4.69, 9.17) is 11.6 Å². The van der Waals surface area contributed by atoms with E-state index < -0.39 is 0 Å². The predicted molar refractivity (Wildman–Crippen MR) is 83.7 cm³/mol. The van der Waals surface area contributed by atoms with Crippen LogP contribution < -0.4 is 5.32 Å². The molecule has 104 valence electrons. The number of carbonyl (C=O) groups excluding carboxylic acids is 1. The molecule has 5 heteroatoms. The van der Waals surface area contributed by atoms with Gasteiger partial charge in [-0.1, -0.05) is 17.7 Å². The highest BCUT2D eigenvalue weighted by Gasteiger charge is 2.11. The first-order valence-electron chi connectivity index (χ1n) is 6.42. The molecule has 4 nitrogen and oxygen atoms in total. The summed E-state index contributed by atoms with van der Waals surface area (Å²) in [5.74, 6) is -0.300. The molecule has 0 aliphatic carbocycles. The lowest BCUT2D eigenvalue weighted by Gasteiger charge is -2.09. The van der Waals surface area contributed by atoms with Crippen molar-refractivity contribution < 1.29 is 4.79 Å². The molecule has 0 aliphatic heterocycles. The Balaban J connectivity index is 1.99. The molecule has 0 saturated heterocycles. The lowest BCUT2D eigenvalue weighted by atomic mass is 10.1. The van der Waals surface area contributed by atoms with Crippen molar-refractivity contribution in [2.24, 2.45) is 0 Å². The highest BCUT2D eigenvalue weighted by atomic mass is 35.5. The minimum absolute atomic E-state index is 0.278. The second-order valence-electron chi connectivity index (χ2n) is 4.64. The molecular formula is C16H12ClN3O. The molecule has 0 saturated carbocycles. The Morgan fingerprint density at radius 2 is 2.00 bits per heavy atom. The van der Waals surface area contributed by atoms with Crippen molar-refractivity contribution in [1.82, 2.24) is 9.97 Å². The van der Waals surface area contributed by atoms with Crippen molar-refractivity contribution in [2.75, 3.05) is 5.32 Å². The molecule has 0 fully saturated rings. The Morgan fingerprint density at radius 3 is 2.81 bits per heavy atom. The number of nitrogens with zero attached hydrogens (tertiary/aromatic N) is 2. The number of hydrogen-bond acceptors (Lipinski definition) is 3. The van der Waals surface area contributed by atoms with Gasteiger partial charge in [0.1, 0.15) is 5.69 Å². The van der Waals surface area contributed by atoms with Gasteiger partial charge in [0.25, 0.3) is 5.91 Å². The van der Waals surface area contributed by atoms with E-state index >= 15 is 0 Å². The maximum Gasteiger partial charge on any atom is 0.274 e. The van der Waals surface area contributed by atoms with Gasteiger partial charge < -0.3 is 5.32 Å². The third-order valence-corrected chi connectivity index (χ3v) is 3.41. The smallest absolute Gasteiger partial charge is 0.274 e. The molecule has 1 aromatic carbocycles. The fraction of sp³-hybridized carbons (Fsp3) is 0.0625. The third-order valence-electron chi connectivity index (χ3n) is 3.17. The molecule has 3 rings (SSSR count). The topological polar surface area (TPSA) is 54.9 Å². The number of amides is 1. The average Bonchev–Trinajstić information content (AvgIpc) is 2.50. The van der Waals surface area contributed by atoms with Gasteiger partial charge in [-0.05, 0) is 42.8 Å². The zero-order valence-electron chi connectivity index (χ0n) is 11.3. The van der Waals surface area contributed by atoms with Gasteiger partial charge >= 0.3 is 0 Å². The van der Waals surface area contributed by atoms with Crippen molar-refractivity contribution in [2.45, 2.75) is 6.92 Å². The number of hydrogen-bond donors (Lipinski definition) is 1. The molecule has 0 radical (unpaired) electrons. The number of halogens is 1. The van der Waals surface area contributed by atoms with E-state index in [1.54, 1.807) is 12.3 Å². The summed E-state index contributed by atoms with van der Waals surface area (Å²) in [6.07, 6.45) is 3.24. The molecule has 0 spiro atoms. The number of carbonyl (C=O) groups is 1. The number of anilines is 1. The van der Waals surface area contributed by atoms with Gasteiger partial charge in [0.15, 0.2) is 0 Å². The van der Waals surface area contributed by atoms with Crippen molar-refractivity contribution in [3.63, 3.8) is 0 Å². The Bertz CT molecular complexity index is 833. The van der Waals surface area contributed by atoms with E-state index in [0.29, 0.717) is 10.7 Å². The summed E-state index contributed by atoms with van der Waals surface area (Å²) in [4.78, 5) is 20.6. The van der Waals surface area contributed by atoms with Crippen LogP contribution in [0.25, 0.3) is 10.9 Å². The van der Waals surface area contributed by atoms with E-state index in [2.05, 4.69) is 15.3 Å². The van der Waals surface area contributed by atoms with E-state index in [9.17, 15) is 4.79 Å². The minimum Gasteiger partial charge on any atom is -0.320 e. The van der Waals surface area contributed by atoms with Gasteiger partial charge in [0.05, 0.1) is 11.2 Å². The van der Waals surface area contributed by atoms with Gasteiger partial charge in [-0.25, -0.2) is 0 Å². The van der Waals surface area contributed by atoms with Gasteiger partial charge in [-0.2, -0.15) is 0 Å².